The number of carbonyl (C=O) groups excluding carboxylic acids is 1. The monoisotopic (exact) mass is 310 g/mol. The zero-order valence-corrected chi connectivity index (χ0v) is 13.0. The molecule has 5 nitrogen and oxygen atoms in total. The quantitative estimate of drug-likeness (QED) is 0.737. The highest BCUT2D eigenvalue weighted by Gasteiger charge is 2.21. The first kappa shape index (κ1) is 15.8. The summed E-state index contributed by atoms with van der Waals surface area (Å²) in [5, 5.41) is 16.7. The summed E-state index contributed by atoms with van der Waals surface area (Å²) in [6.07, 6.45) is 7.33. The highest BCUT2D eigenvalue weighted by molar-refractivity contribution is 7.14. The number of aromatic carboxylic acids is 1. The van der Waals surface area contributed by atoms with E-state index in [2.05, 4.69) is 10.6 Å². The van der Waals surface area contributed by atoms with Crippen molar-refractivity contribution in [2.75, 3.05) is 5.32 Å². The van der Waals surface area contributed by atoms with Crippen LogP contribution in [0.4, 0.5) is 9.80 Å². The van der Waals surface area contributed by atoms with Crippen LogP contribution in [0.3, 0.4) is 0 Å². The molecule has 1 fully saturated rings. The van der Waals surface area contributed by atoms with E-state index in [0.29, 0.717) is 10.9 Å². The van der Waals surface area contributed by atoms with Crippen LogP contribution in [0.1, 0.15) is 55.8 Å². The van der Waals surface area contributed by atoms with Crippen LogP contribution >= 0.6 is 11.3 Å². The fourth-order valence-electron chi connectivity index (χ4n) is 2.85. The van der Waals surface area contributed by atoms with Crippen molar-refractivity contribution < 1.29 is 14.7 Å². The van der Waals surface area contributed by atoms with Crippen molar-refractivity contribution in [3.63, 3.8) is 0 Å². The third-order valence-corrected chi connectivity index (χ3v) is 4.92. The molecule has 6 heteroatoms. The molecule has 0 aliphatic heterocycles. The molecule has 3 N–H and O–H groups in total. The van der Waals surface area contributed by atoms with E-state index in [9.17, 15) is 9.59 Å². The minimum atomic E-state index is -1.02. The number of hydrogen-bond donors (Lipinski definition) is 3. The number of anilines is 1. The summed E-state index contributed by atoms with van der Waals surface area (Å²) in [7, 11) is 0. The van der Waals surface area contributed by atoms with Crippen molar-refractivity contribution in [3.05, 3.63) is 17.0 Å². The number of rotatable bonds is 4. The molecule has 1 aliphatic rings. The number of hydrogen-bond acceptors (Lipinski definition) is 3. The van der Waals surface area contributed by atoms with Crippen LogP contribution in [0.2, 0.25) is 0 Å². The first-order chi connectivity index (χ1) is 10.1. The molecule has 0 unspecified atom stereocenters. The van der Waals surface area contributed by atoms with Crippen molar-refractivity contribution >= 4 is 28.3 Å². The molecule has 0 saturated heterocycles. The summed E-state index contributed by atoms with van der Waals surface area (Å²) in [4.78, 5) is 23.0. The number of urea groups is 1. The first-order valence-corrected chi connectivity index (χ1v) is 8.34. The number of nitrogens with one attached hydrogen (secondary N) is 2. The van der Waals surface area contributed by atoms with Gasteiger partial charge in [0.15, 0.2) is 0 Å². The molecule has 2 amide bonds. The van der Waals surface area contributed by atoms with Gasteiger partial charge in [-0.15, -0.1) is 11.3 Å². The number of amides is 2. The summed E-state index contributed by atoms with van der Waals surface area (Å²) in [5.41, 5.74) is 0.136. The molecule has 2 rings (SSSR count). The van der Waals surface area contributed by atoms with E-state index >= 15 is 0 Å². The topological polar surface area (TPSA) is 78.4 Å². The van der Waals surface area contributed by atoms with Crippen molar-refractivity contribution in [2.45, 2.75) is 51.5 Å². The van der Waals surface area contributed by atoms with Gasteiger partial charge in [-0.05, 0) is 37.1 Å². The van der Waals surface area contributed by atoms with E-state index in [1.165, 1.54) is 43.1 Å². The van der Waals surface area contributed by atoms with Gasteiger partial charge >= 0.3 is 12.0 Å². The summed E-state index contributed by atoms with van der Waals surface area (Å²) < 4.78 is 0. The van der Waals surface area contributed by atoms with Crippen LogP contribution in [-0.4, -0.2) is 23.1 Å². The van der Waals surface area contributed by atoms with Gasteiger partial charge in [-0.3, -0.25) is 5.32 Å². The normalized spacial score (nSPS) is 17.8. The Hall–Kier alpha value is -1.56. The Bertz CT molecular complexity index is 493. The average molecular weight is 310 g/mol. The van der Waals surface area contributed by atoms with Crippen molar-refractivity contribution in [1.29, 1.82) is 0 Å². The Morgan fingerprint density at radius 1 is 1.29 bits per heavy atom. The van der Waals surface area contributed by atoms with E-state index in [1.54, 1.807) is 5.38 Å². The van der Waals surface area contributed by atoms with Crippen LogP contribution in [0.15, 0.2) is 11.4 Å². The minimum absolute atomic E-state index is 0.108. The third-order valence-electron chi connectivity index (χ3n) is 4.09. The zero-order valence-electron chi connectivity index (χ0n) is 12.2. The molecule has 0 bridgehead atoms. The van der Waals surface area contributed by atoms with Crippen molar-refractivity contribution in [3.8, 4) is 0 Å². The molecule has 116 valence electrons. The van der Waals surface area contributed by atoms with Gasteiger partial charge in [-0.25, -0.2) is 9.59 Å². The Balaban J connectivity index is 1.88. The molecular formula is C15H22N2O3S. The van der Waals surface area contributed by atoms with Gasteiger partial charge in [0.05, 0.1) is 5.56 Å². The second kappa shape index (κ2) is 7.45. The second-order valence-corrected chi connectivity index (χ2v) is 6.52. The number of carbonyl (C=O) groups is 2. The number of carboxylic acids is 1. The summed E-state index contributed by atoms with van der Waals surface area (Å²) in [5.74, 6) is -0.510. The van der Waals surface area contributed by atoms with Crippen molar-refractivity contribution in [2.24, 2.45) is 5.92 Å². The molecule has 1 heterocycles. The molecule has 0 radical (unpaired) electrons. The van der Waals surface area contributed by atoms with Crippen LogP contribution < -0.4 is 10.6 Å². The zero-order chi connectivity index (χ0) is 15.2. The summed E-state index contributed by atoms with van der Waals surface area (Å²) >= 11 is 1.22. The van der Waals surface area contributed by atoms with Gasteiger partial charge in [-0.1, -0.05) is 25.7 Å². The fraction of sp³-hybridized carbons (Fsp3) is 0.600. The third kappa shape index (κ3) is 4.46. The maximum Gasteiger partial charge on any atom is 0.338 e. The van der Waals surface area contributed by atoms with Gasteiger partial charge in [0, 0.05) is 6.04 Å². The van der Waals surface area contributed by atoms with Crippen LogP contribution in [0.5, 0.6) is 0 Å². The average Bonchev–Trinajstić information content (AvgIpc) is 2.72. The van der Waals surface area contributed by atoms with Crippen LogP contribution in [0.25, 0.3) is 0 Å². The number of carboxylic acid groups (broad SMARTS) is 1. The minimum Gasteiger partial charge on any atom is -0.478 e. The van der Waals surface area contributed by atoms with Gasteiger partial charge in [0.25, 0.3) is 0 Å². The predicted octanol–water partition coefficient (Wildman–Crippen LogP) is 3.93. The summed E-state index contributed by atoms with van der Waals surface area (Å²) in [6, 6.07) is 1.28. The van der Waals surface area contributed by atoms with Crippen molar-refractivity contribution in [1.82, 2.24) is 5.32 Å². The fourth-order valence-corrected chi connectivity index (χ4v) is 3.62. The second-order valence-electron chi connectivity index (χ2n) is 5.61. The molecule has 0 aromatic carbocycles. The lowest BCUT2D eigenvalue weighted by molar-refractivity contribution is 0.0698. The van der Waals surface area contributed by atoms with Crippen LogP contribution in [0, 0.1) is 5.92 Å². The highest BCUT2D eigenvalue weighted by Crippen LogP contribution is 2.26. The van der Waals surface area contributed by atoms with Gasteiger partial charge in [0.1, 0.15) is 5.00 Å². The standard InChI is InChI=1S/C15H22N2O3S/c1-10(11-6-4-2-3-5-7-11)16-15(20)17-13-12(14(18)19)8-9-21-13/h8-11H,2-7H2,1H3,(H,18,19)(H2,16,17,20)/t10-/m1/s1. The number of thiophene rings is 1. The van der Waals surface area contributed by atoms with Gasteiger partial charge in [-0.2, -0.15) is 0 Å². The molecule has 0 spiro atoms. The van der Waals surface area contributed by atoms with Crippen LogP contribution in [-0.2, 0) is 0 Å². The predicted molar refractivity (Wildman–Crippen MR) is 84.1 cm³/mol. The lowest BCUT2D eigenvalue weighted by Gasteiger charge is -2.23. The smallest absolute Gasteiger partial charge is 0.338 e. The maximum atomic E-state index is 12.0. The SMILES string of the molecule is C[C@@H](NC(=O)Nc1sccc1C(=O)O)C1CCCCCC1. The lowest BCUT2D eigenvalue weighted by Crippen LogP contribution is -2.40. The first-order valence-electron chi connectivity index (χ1n) is 7.46. The Morgan fingerprint density at radius 2 is 1.95 bits per heavy atom. The lowest BCUT2D eigenvalue weighted by atomic mass is 9.93. The Labute approximate surface area is 128 Å². The van der Waals surface area contributed by atoms with E-state index in [0.717, 1.165) is 12.8 Å². The van der Waals surface area contributed by atoms with Gasteiger partial charge in [0.2, 0.25) is 0 Å². The van der Waals surface area contributed by atoms with E-state index in [-0.39, 0.29) is 17.6 Å². The van der Waals surface area contributed by atoms with E-state index in [4.69, 9.17) is 5.11 Å². The Kier molecular flexibility index (Phi) is 5.61. The maximum absolute atomic E-state index is 12.0. The molecule has 1 aromatic rings. The highest BCUT2D eigenvalue weighted by atomic mass is 32.1. The Morgan fingerprint density at radius 3 is 2.57 bits per heavy atom. The van der Waals surface area contributed by atoms with E-state index in [1.807, 2.05) is 6.92 Å². The summed E-state index contributed by atoms with van der Waals surface area (Å²) in [6.45, 7) is 2.03. The largest absolute Gasteiger partial charge is 0.478 e. The molecule has 1 atom stereocenters. The van der Waals surface area contributed by atoms with Gasteiger partial charge < -0.3 is 10.4 Å². The molecule has 1 aromatic heterocycles. The van der Waals surface area contributed by atoms with E-state index < -0.39 is 5.97 Å². The molecule has 1 aliphatic carbocycles. The molecule has 1 saturated carbocycles. The molecular weight excluding hydrogens is 288 g/mol. The molecule has 21 heavy (non-hydrogen) atoms.